The van der Waals surface area contributed by atoms with Crippen molar-refractivity contribution in [3.05, 3.63) is 62.4 Å². The van der Waals surface area contributed by atoms with Gasteiger partial charge in [0.05, 0.1) is 5.69 Å². The lowest BCUT2D eigenvalue weighted by Gasteiger charge is -2.25. The van der Waals surface area contributed by atoms with E-state index in [9.17, 15) is 9.59 Å². The second-order valence-electron chi connectivity index (χ2n) is 6.02. The normalized spacial score (nSPS) is 15.0. The molecule has 110 valence electrons. The van der Waals surface area contributed by atoms with Gasteiger partial charge in [-0.1, -0.05) is 24.1 Å². The molecule has 2 aromatic rings. The van der Waals surface area contributed by atoms with Crippen LogP contribution < -0.4 is 11.1 Å². The zero-order valence-electron chi connectivity index (χ0n) is 12.5. The summed E-state index contributed by atoms with van der Waals surface area (Å²) in [6.07, 6.45) is 7.00. The molecule has 1 aliphatic carbocycles. The van der Waals surface area contributed by atoms with Crippen molar-refractivity contribution in [3.8, 4) is 5.69 Å². The summed E-state index contributed by atoms with van der Waals surface area (Å²) in [7, 11) is 0. The summed E-state index contributed by atoms with van der Waals surface area (Å²) < 4.78 is 3.01. The lowest BCUT2D eigenvalue weighted by Crippen LogP contribution is -2.41. The fraction of sp³-hybridized carbons (Fsp3) is 0.412. The molecule has 0 N–H and O–H groups in total. The van der Waals surface area contributed by atoms with Gasteiger partial charge in [-0.05, 0) is 44.2 Å². The molecule has 4 heteroatoms. The highest BCUT2D eigenvalue weighted by Crippen LogP contribution is 2.27. The van der Waals surface area contributed by atoms with Crippen LogP contribution in [0.5, 0.6) is 0 Å². The minimum atomic E-state index is -0.469. The van der Waals surface area contributed by atoms with Crippen molar-refractivity contribution in [2.24, 2.45) is 5.92 Å². The number of hydrogen-bond acceptors (Lipinski definition) is 2. The average Bonchev–Trinajstić information content (AvgIpc) is 2.39. The number of nitrogens with zero attached hydrogens (tertiary/aromatic N) is 2. The van der Waals surface area contributed by atoms with E-state index in [4.69, 9.17) is 0 Å². The maximum Gasteiger partial charge on any atom is 0.320 e. The van der Waals surface area contributed by atoms with E-state index in [2.05, 4.69) is 0 Å². The van der Waals surface area contributed by atoms with Crippen LogP contribution in [0.1, 0.15) is 30.4 Å². The first-order valence-electron chi connectivity index (χ1n) is 7.46. The third-order valence-corrected chi connectivity index (χ3v) is 4.35. The average molecular weight is 284 g/mol. The van der Waals surface area contributed by atoms with Crippen LogP contribution in [0.25, 0.3) is 5.69 Å². The van der Waals surface area contributed by atoms with E-state index in [1.165, 1.54) is 11.0 Å². The van der Waals surface area contributed by atoms with E-state index in [0.717, 1.165) is 29.7 Å². The Kier molecular flexibility index (Phi) is 3.53. The summed E-state index contributed by atoms with van der Waals surface area (Å²) in [5, 5.41) is 0. The van der Waals surface area contributed by atoms with Gasteiger partial charge >= 0.3 is 11.1 Å². The Morgan fingerprint density at radius 1 is 1.10 bits per heavy atom. The molecule has 1 aromatic carbocycles. The Bertz CT molecular complexity index is 782. The van der Waals surface area contributed by atoms with Crippen molar-refractivity contribution in [2.45, 2.75) is 39.7 Å². The molecular weight excluding hydrogens is 264 g/mol. The van der Waals surface area contributed by atoms with Crippen LogP contribution >= 0.6 is 0 Å². The van der Waals surface area contributed by atoms with Crippen LogP contribution in [0.2, 0.25) is 0 Å². The van der Waals surface area contributed by atoms with Crippen molar-refractivity contribution >= 4 is 0 Å². The summed E-state index contributed by atoms with van der Waals surface area (Å²) in [6.45, 7) is 4.63. The first-order chi connectivity index (χ1) is 10.1. The van der Waals surface area contributed by atoms with Gasteiger partial charge in [0.25, 0.3) is 0 Å². The van der Waals surface area contributed by atoms with Crippen LogP contribution in [-0.4, -0.2) is 9.13 Å². The van der Waals surface area contributed by atoms with Crippen LogP contribution in [-0.2, 0) is 6.54 Å². The van der Waals surface area contributed by atoms with Crippen molar-refractivity contribution in [1.29, 1.82) is 0 Å². The fourth-order valence-corrected chi connectivity index (χ4v) is 2.87. The molecule has 0 amide bonds. The predicted octanol–water partition coefficient (Wildman–Crippen LogP) is 2.42. The van der Waals surface area contributed by atoms with E-state index >= 15 is 0 Å². The Hall–Kier alpha value is -2.10. The quantitative estimate of drug-likeness (QED) is 0.812. The zero-order valence-corrected chi connectivity index (χ0v) is 12.5. The van der Waals surface area contributed by atoms with E-state index in [-0.39, 0.29) is 0 Å². The second kappa shape index (κ2) is 5.35. The van der Waals surface area contributed by atoms with Crippen LogP contribution in [0.15, 0.2) is 40.2 Å². The van der Waals surface area contributed by atoms with E-state index in [1.54, 1.807) is 17.0 Å². The third kappa shape index (κ3) is 2.58. The molecule has 1 aliphatic rings. The van der Waals surface area contributed by atoms with Gasteiger partial charge in [-0.15, -0.1) is 0 Å². The van der Waals surface area contributed by atoms with Gasteiger partial charge in [-0.25, -0.2) is 0 Å². The molecule has 0 saturated heterocycles. The van der Waals surface area contributed by atoms with Crippen molar-refractivity contribution in [1.82, 2.24) is 9.13 Å². The molecule has 4 nitrogen and oxygen atoms in total. The van der Waals surface area contributed by atoms with Gasteiger partial charge in [-0.2, -0.15) is 0 Å². The Morgan fingerprint density at radius 2 is 1.86 bits per heavy atom. The standard InChI is InChI=1S/C17H20N2O2/c1-12-6-7-15(13(2)10-12)19-9-8-18(16(20)17(19)21)11-14-4-3-5-14/h6-10,14H,3-5,11H2,1-2H3. The first-order valence-corrected chi connectivity index (χ1v) is 7.46. The van der Waals surface area contributed by atoms with Crippen LogP contribution in [0, 0.1) is 19.8 Å². The highest BCUT2D eigenvalue weighted by molar-refractivity contribution is 5.42. The predicted molar refractivity (Wildman–Crippen MR) is 83.1 cm³/mol. The smallest absolute Gasteiger partial charge is 0.309 e. The van der Waals surface area contributed by atoms with Crippen molar-refractivity contribution < 1.29 is 0 Å². The number of benzene rings is 1. The summed E-state index contributed by atoms with van der Waals surface area (Å²) in [5.74, 6) is 0.555. The maximum atomic E-state index is 12.3. The van der Waals surface area contributed by atoms with Gasteiger partial charge in [-0.3, -0.25) is 14.2 Å². The van der Waals surface area contributed by atoms with Gasteiger partial charge in [0.1, 0.15) is 0 Å². The molecular formula is C17H20N2O2. The summed E-state index contributed by atoms with van der Waals surface area (Å²) >= 11 is 0. The Balaban J connectivity index is 2.02. The van der Waals surface area contributed by atoms with Crippen molar-refractivity contribution in [3.63, 3.8) is 0 Å². The maximum absolute atomic E-state index is 12.3. The summed E-state index contributed by atoms with van der Waals surface area (Å²) in [6, 6.07) is 5.86. The third-order valence-electron chi connectivity index (χ3n) is 4.35. The SMILES string of the molecule is Cc1ccc(-n2ccn(CC3CCC3)c(=O)c2=O)c(C)c1. The lowest BCUT2D eigenvalue weighted by atomic mass is 9.85. The first kappa shape index (κ1) is 13.9. The number of hydrogen-bond donors (Lipinski definition) is 0. The molecule has 0 unspecified atom stereocenters. The molecule has 0 bridgehead atoms. The van der Waals surface area contributed by atoms with E-state index in [0.29, 0.717) is 12.5 Å². The topological polar surface area (TPSA) is 44.0 Å². The highest BCUT2D eigenvalue weighted by Gasteiger charge is 2.19. The van der Waals surface area contributed by atoms with Gasteiger partial charge in [0.2, 0.25) is 0 Å². The van der Waals surface area contributed by atoms with Crippen molar-refractivity contribution in [2.75, 3.05) is 0 Å². The Morgan fingerprint density at radius 3 is 2.48 bits per heavy atom. The molecule has 0 atom stereocenters. The molecule has 21 heavy (non-hydrogen) atoms. The van der Waals surface area contributed by atoms with Crippen LogP contribution in [0.3, 0.4) is 0 Å². The molecule has 1 heterocycles. The van der Waals surface area contributed by atoms with Crippen LogP contribution in [0.4, 0.5) is 0 Å². The van der Waals surface area contributed by atoms with Gasteiger partial charge in [0, 0.05) is 18.9 Å². The monoisotopic (exact) mass is 284 g/mol. The highest BCUT2D eigenvalue weighted by atomic mass is 16.2. The molecule has 1 fully saturated rings. The minimum absolute atomic E-state index is 0.427. The van der Waals surface area contributed by atoms with Gasteiger partial charge < -0.3 is 4.57 Å². The lowest BCUT2D eigenvalue weighted by molar-refractivity contribution is 0.272. The Labute approximate surface area is 123 Å². The molecule has 3 rings (SSSR count). The van der Waals surface area contributed by atoms with E-state index < -0.39 is 11.1 Å². The molecule has 0 aliphatic heterocycles. The summed E-state index contributed by atoms with van der Waals surface area (Å²) in [4.78, 5) is 24.6. The fourth-order valence-electron chi connectivity index (χ4n) is 2.87. The number of rotatable bonds is 3. The molecule has 0 radical (unpaired) electrons. The molecule has 1 saturated carbocycles. The summed E-state index contributed by atoms with van der Waals surface area (Å²) in [5.41, 5.74) is 2.02. The molecule has 1 aromatic heterocycles. The largest absolute Gasteiger partial charge is 0.320 e. The van der Waals surface area contributed by atoms with E-state index in [1.807, 2.05) is 32.0 Å². The molecule has 0 spiro atoms. The minimum Gasteiger partial charge on any atom is -0.309 e. The zero-order chi connectivity index (χ0) is 15.0. The number of aryl methyl sites for hydroxylation is 2. The second-order valence-corrected chi connectivity index (χ2v) is 6.02. The number of aromatic nitrogens is 2. The van der Waals surface area contributed by atoms with Gasteiger partial charge in [0.15, 0.2) is 0 Å².